The van der Waals surface area contributed by atoms with E-state index < -0.39 is 23.3 Å². The number of carbonyl (C=O) groups excluding carboxylic acids is 1. The molecule has 0 atom stereocenters. The summed E-state index contributed by atoms with van der Waals surface area (Å²) >= 11 is 0. The number of piperazine rings is 1. The predicted molar refractivity (Wildman–Crippen MR) is 68.1 cm³/mol. The number of pyridine rings is 1. The van der Waals surface area contributed by atoms with Crippen LogP contribution < -0.4 is 10.9 Å². The number of aromatic nitrogens is 1. The number of H-pyrrole nitrogens is 1. The summed E-state index contributed by atoms with van der Waals surface area (Å²) in [7, 11) is 0. The largest absolute Gasteiger partial charge is 0.431 e. The minimum atomic E-state index is -4.63. The summed E-state index contributed by atoms with van der Waals surface area (Å²) in [6.45, 7) is 2.06. The molecule has 20 heavy (non-hydrogen) atoms. The van der Waals surface area contributed by atoms with E-state index in [0.29, 0.717) is 32.2 Å². The van der Waals surface area contributed by atoms with E-state index in [-0.39, 0.29) is 18.0 Å². The molecule has 112 valence electrons. The topological polar surface area (TPSA) is 65.2 Å². The minimum Gasteiger partial charge on any atom is -0.336 e. The van der Waals surface area contributed by atoms with Gasteiger partial charge in [-0.3, -0.25) is 9.59 Å². The van der Waals surface area contributed by atoms with Crippen LogP contribution in [0.15, 0.2) is 16.9 Å². The number of rotatable bonds is 1. The number of hydrogen-bond donors (Lipinski definition) is 2. The normalized spacial score (nSPS) is 15.7. The average molecular weight is 312 g/mol. The van der Waals surface area contributed by atoms with E-state index in [1.807, 2.05) is 0 Å². The molecular formula is C11H13ClF3N3O2. The fraction of sp³-hybridized carbons (Fsp3) is 0.455. The lowest BCUT2D eigenvalue weighted by Crippen LogP contribution is -2.47. The van der Waals surface area contributed by atoms with Crippen LogP contribution in [0.25, 0.3) is 0 Å². The highest BCUT2D eigenvalue weighted by atomic mass is 35.5. The number of amides is 1. The van der Waals surface area contributed by atoms with Crippen LogP contribution in [0.3, 0.4) is 0 Å². The number of aromatic amines is 1. The van der Waals surface area contributed by atoms with Crippen LogP contribution in [0.1, 0.15) is 16.1 Å². The molecule has 1 aliphatic rings. The second kappa shape index (κ2) is 6.27. The van der Waals surface area contributed by atoms with Crippen molar-refractivity contribution in [3.8, 4) is 0 Å². The van der Waals surface area contributed by atoms with E-state index in [1.54, 1.807) is 4.98 Å². The van der Waals surface area contributed by atoms with Crippen molar-refractivity contribution in [1.82, 2.24) is 15.2 Å². The second-order valence-electron chi connectivity index (χ2n) is 4.15. The van der Waals surface area contributed by atoms with E-state index in [0.717, 1.165) is 6.07 Å². The Kier molecular flexibility index (Phi) is 5.18. The summed E-state index contributed by atoms with van der Waals surface area (Å²) in [5.74, 6) is -0.545. The number of nitrogens with one attached hydrogen (secondary N) is 2. The highest BCUT2D eigenvalue weighted by Crippen LogP contribution is 2.26. The molecule has 1 fully saturated rings. The summed E-state index contributed by atoms with van der Waals surface area (Å²) < 4.78 is 37.1. The SMILES string of the molecule is Cl.O=C(c1ccc(C(F)(F)F)[nH]c1=O)N1CCNCC1. The standard InChI is InChI=1S/C11H12F3N3O2.ClH/c12-11(13,14)8-2-1-7(9(18)16-8)10(19)17-5-3-15-4-6-17;/h1-2,15H,3-6H2,(H,16,18);1H. The maximum Gasteiger partial charge on any atom is 0.431 e. The number of hydrogen-bond acceptors (Lipinski definition) is 3. The van der Waals surface area contributed by atoms with Gasteiger partial charge in [-0.1, -0.05) is 0 Å². The first-order valence-corrected chi connectivity index (χ1v) is 5.70. The van der Waals surface area contributed by atoms with Crippen LogP contribution in [0, 0.1) is 0 Å². The van der Waals surface area contributed by atoms with Gasteiger partial charge in [0.15, 0.2) is 0 Å². The molecule has 0 aromatic carbocycles. The van der Waals surface area contributed by atoms with Crippen molar-refractivity contribution in [3.63, 3.8) is 0 Å². The van der Waals surface area contributed by atoms with Crippen LogP contribution in [0.2, 0.25) is 0 Å². The molecule has 5 nitrogen and oxygen atoms in total. The van der Waals surface area contributed by atoms with E-state index in [1.165, 1.54) is 4.90 Å². The zero-order valence-electron chi connectivity index (χ0n) is 10.3. The van der Waals surface area contributed by atoms with Crippen LogP contribution in [0.5, 0.6) is 0 Å². The zero-order valence-corrected chi connectivity index (χ0v) is 11.1. The van der Waals surface area contributed by atoms with Gasteiger partial charge < -0.3 is 15.2 Å². The average Bonchev–Trinajstić information content (AvgIpc) is 2.38. The van der Waals surface area contributed by atoms with Gasteiger partial charge in [-0.15, -0.1) is 12.4 Å². The summed E-state index contributed by atoms with van der Waals surface area (Å²) in [4.78, 5) is 26.7. The molecule has 0 saturated carbocycles. The Morgan fingerprint density at radius 1 is 1.20 bits per heavy atom. The van der Waals surface area contributed by atoms with Gasteiger partial charge in [-0.25, -0.2) is 0 Å². The Morgan fingerprint density at radius 2 is 1.80 bits per heavy atom. The van der Waals surface area contributed by atoms with Crippen LogP contribution in [-0.4, -0.2) is 42.0 Å². The number of nitrogens with zero attached hydrogens (tertiary/aromatic N) is 1. The van der Waals surface area contributed by atoms with Gasteiger partial charge >= 0.3 is 6.18 Å². The molecule has 0 bridgehead atoms. The van der Waals surface area contributed by atoms with Crippen molar-refractivity contribution in [1.29, 1.82) is 0 Å². The molecule has 1 amide bonds. The Labute approximate surface area is 118 Å². The maximum absolute atomic E-state index is 12.4. The van der Waals surface area contributed by atoms with Gasteiger partial charge in [0.05, 0.1) is 0 Å². The van der Waals surface area contributed by atoms with E-state index in [4.69, 9.17) is 0 Å². The first-order chi connectivity index (χ1) is 8.89. The quantitative estimate of drug-likeness (QED) is 0.808. The van der Waals surface area contributed by atoms with E-state index in [9.17, 15) is 22.8 Å². The molecule has 0 aliphatic carbocycles. The Bertz CT molecular complexity index is 538. The number of alkyl halides is 3. The molecule has 1 aromatic rings. The molecule has 1 aliphatic heterocycles. The van der Waals surface area contributed by atoms with Gasteiger partial charge in [0, 0.05) is 26.2 Å². The summed E-state index contributed by atoms with van der Waals surface area (Å²) in [6.07, 6.45) is -4.63. The molecule has 0 unspecified atom stereocenters. The predicted octanol–water partition coefficient (Wildman–Crippen LogP) is 0.861. The van der Waals surface area contributed by atoms with Gasteiger partial charge in [0.2, 0.25) is 0 Å². The lowest BCUT2D eigenvalue weighted by Gasteiger charge is -2.27. The minimum absolute atomic E-state index is 0. The fourth-order valence-electron chi connectivity index (χ4n) is 1.85. The summed E-state index contributed by atoms with van der Waals surface area (Å²) in [5.41, 5.74) is -2.44. The molecule has 0 radical (unpaired) electrons. The maximum atomic E-state index is 12.4. The molecule has 1 aromatic heterocycles. The van der Waals surface area contributed by atoms with Gasteiger partial charge in [-0.2, -0.15) is 13.2 Å². The molecule has 2 N–H and O–H groups in total. The highest BCUT2D eigenvalue weighted by molar-refractivity contribution is 5.93. The van der Waals surface area contributed by atoms with Crippen LogP contribution in [-0.2, 0) is 6.18 Å². The van der Waals surface area contributed by atoms with E-state index >= 15 is 0 Å². The van der Waals surface area contributed by atoms with Crippen molar-refractivity contribution in [2.24, 2.45) is 0 Å². The van der Waals surface area contributed by atoms with Crippen molar-refractivity contribution < 1.29 is 18.0 Å². The molecule has 0 spiro atoms. The van der Waals surface area contributed by atoms with Gasteiger partial charge in [-0.05, 0) is 12.1 Å². The zero-order chi connectivity index (χ0) is 14.0. The molecule has 2 heterocycles. The van der Waals surface area contributed by atoms with Crippen molar-refractivity contribution in [3.05, 3.63) is 33.7 Å². The lowest BCUT2D eigenvalue weighted by molar-refractivity contribution is -0.141. The monoisotopic (exact) mass is 311 g/mol. The first kappa shape index (κ1) is 16.5. The van der Waals surface area contributed by atoms with Crippen molar-refractivity contribution in [2.45, 2.75) is 6.18 Å². The Balaban J connectivity index is 0.00000200. The molecule has 1 saturated heterocycles. The van der Waals surface area contributed by atoms with Crippen LogP contribution in [0.4, 0.5) is 13.2 Å². The lowest BCUT2D eigenvalue weighted by atomic mass is 10.2. The Hall–Kier alpha value is -1.54. The van der Waals surface area contributed by atoms with Crippen molar-refractivity contribution >= 4 is 18.3 Å². The third-order valence-corrected chi connectivity index (χ3v) is 2.85. The number of carbonyl (C=O) groups is 1. The second-order valence-corrected chi connectivity index (χ2v) is 4.15. The van der Waals surface area contributed by atoms with Gasteiger partial charge in [0.1, 0.15) is 11.3 Å². The number of halogens is 4. The first-order valence-electron chi connectivity index (χ1n) is 5.70. The molecular weight excluding hydrogens is 299 g/mol. The summed E-state index contributed by atoms with van der Waals surface area (Å²) in [5, 5.41) is 3.04. The van der Waals surface area contributed by atoms with Gasteiger partial charge in [0.25, 0.3) is 11.5 Å². The van der Waals surface area contributed by atoms with E-state index in [2.05, 4.69) is 5.32 Å². The summed E-state index contributed by atoms with van der Waals surface area (Å²) in [6, 6.07) is 1.63. The molecule has 2 rings (SSSR count). The fourth-order valence-corrected chi connectivity index (χ4v) is 1.85. The van der Waals surface area contributed by atoms with Crippen LogP contribution >= 0.6 is 12.4 Å². The molecule has 9 heteroatoms. The Morgan fingerprint density at radius 3 is 2.30 bits per heavy atom. The smallest absolute Gasteiger partial charge is 0.336 e. The van der Waals surface area contributed by atoms with Crippen molar-refractivity contribution in [2.75, 3.05) is 26.2 Å². The highest BCUT2D eigenvalue weighted by Gasteiger charge is 2.32. The third kappa shape index (κ3) is 3.51. The third-order valence-electron chi connectivity index (χ3n) is 2.85.